The van der Waals surface area contributed by atoms with E-state index in [0.717, 1.165) is 13.2 Å². The second kappa shape index (κ2) is 2.57. The van der Waals surface area contributed by atoms with E-state index in [-0.39, 0.29) is 0 Å². The zero-order chi connectivity index (χ0) is 5.98. The smallest absolute Gasteiger partial charge is 0.0987 e. The number of rotatable bonds is 1. The molecule has 0 N–H and O–H groups in total. The maximum Gasteiger partial charge on any atom is 0.0987 e. The van der Waals surface area contributed by atoms with Crippen LogP contribution in [0.15, 0.2) is 12.4 Å². The van der Waals surface area contributed by atoms with E-state index >= 15 is 0 Å². The van der Waals surface area contributed by atoms with E-state index < -0.39 is 0 Å². The minimum atomic E-state index is 1.04. The Morgan fingerprint density at radius 1 is 1.62 bits per heavy atom. The lowest BCUT2D eigenvalue weighted by Gasteiger charge is -2.13. The molecule has 0 aliphatic carbocycles. The molecule has 0 saturated carbocycles. The summed E-state index contributed by atoms with van der Waals surface area (Å²) in [7, 11) is 0. The first kappa shape index (κ1) is 6.19. The fourth-order valence-electron chi connectivity index (χ4n) is 0.640. The van der Waals surface area contributed by atoms with Crippen LogP contribution in [0.2, 0.25) is 0 Å². The molecule has 0 radical (unpaired) electrons. The molecule has 1 heterocycles. The van der Waals surface area contributed by atoms with Crippen molar-refractivity contribution in [2.75, 3.05) is 13.2 Å². The van der Waals surface area contributed by atoms with Gasteiger partial charge in [0.05, 0.1) is 29.5 Å². The SMILES string of the molecule is CCN1C=CN(I)C1. The minimum absolute atomic E-state index is 1.04. The standard InChI is InChI=1S/C5H9IN2/c1-2-7-3-4-8(6)5-7/h3-4H,2,5H2,1H3. The third-order valence-electron chi connectivity index (χ3n) is 1.16. The van der Waals surface area contributed by atoms with E-state index in [4.69, 9.17) is 0 Å². The van der Waals surface area contributed by atoms with E-state index in [1.807, 2.05) is 0 Å². The zero-order valence-electron chi connectivity index (χ0n) is 4.84. The van der Waals surface area contributed by atoms with Gasteiger partial charge in [-0.1, -0.05) is 0 Å². The molecule has 2 nitrogen and oxygen atoms in total. The topological polar surface area (TPSA) is 6.48 Å². The van der Waals surface area contributed by atoms with Crippen molar-refractivity contribution >= 4 is 22.9 Å². The average molecular weight is 224 g/mol. The van der Waals surface area contributed by atoms with Crippen molar-refractivity contribution in [3.05, 3.63) is 12.4 Å². The van der Waals surface area contributed by atoms with Crippen molar-refractivity contribution in [3.8, 4) is 0 Å². The average Bonchev–Trinajstić information content (AvgIpc) is 2.14. The van der Waals surface area contributed by atoms with Crippen LogP contribution in [0.3, 0.4) is 0 Å². The van der Waals surface area contributed by atoms with Gasteiger partial charge in [-0.25, -0.2) is 0 Å². The molecule has 0 atom stereocenters. The van der Waals surface area contributed by atoms with Gasteiger partial charge in [0, 0.05) is 18.9 Å². The van der Waals surface area contributed by atoms with Crippen LogP contribution in [-0.4, -0.2) is 21.2 Å². The van der Waals surface area contributed by atoms with Gasteiger partial charge in [0.1, 0.15) is 0 Å². The highest BCUT2D eigenvalue weighted by Crippen LogP contribution is 2.09. The third kappa shape index (κ3) is 1.27. The lowest BCUT2D eigenvalue weighted by molar-refractivity contribution is 0.374. The number of nitrogens with zero attached hydrogens (tertiary/aromatic N) is 2. The summed E-state index contributed by atoms with van der Waals surface area (Å²) in [5, 5.41) is 0. The summed E-state index contributed by atoms with van der Waals surface area (Å²) >= 11 is 2.28. The van der Waals surface area contributed by atoms with Gasteiger partial charge in [-0.15, -0.1) is 0 Å². The van der Waals surface area contributed by atoms with Gasteiger partial charge in [-0.05, 0) is 6.92 Å². The largest absolute Gasteiger partial charge is 0.358 e. The van der Waals surface area contributed by atoms with Crippen LogP contribution in [0.4, 0.5) is 0 Å². The first-order valence-electron chi connectivity index (χ1n) is 2.67. The third-order valence-corrected chi connectivity index (χ3v) is 1.79. The Morgan fingerprint density at radius 3 is 2.62 bits per heavy atom. The van der Waals surface area contributed by atoms with E-state index in [0.29, 0.717) is 0 Å². The van der Waals surface area contributed by atoms with Crippen molar-refractivity contribution < 1.29 is 0 Å². The van der Waals surface area contributed by atoms with Crippen LogP contribution in [0, 0.1) is 0 Å². The molecule has 0 saturated heterocycles. The summed E-state index contributed by atoms with van der Waals surface area (Å²) in [6.07, 6.45) is 4.18. The van der Waals surface area contributed by atoms with Gasteiger partial charge in [0.2, 0.25) is 0 Å². The second-order valence-electron chi connectivity index (χ2n) is 1.74. The van der Waals surface area contributed by atoms with Crippen molar-refractivity contribution in [1.82, 2.24) is 8.01 Å². The molecule has 0 aromatic rings. The lowest BCUT2D eigenvalue weighted by atomic mass is 10.6. The molecule has 0 bridgehead atoms. The molecule has 0 fully saturated rings. The highest BCUT2D eigenvalue weighted by molar-refractivity contribution is 14.1. The number of halogens is 1. The molecule has 0 spiro atoms. The van der Waals surface area contributed by atoms with Gasteiger partial charge in [0.15, 0.2) is 0 Å². The number of hydrogen-bond acceptors (Lipinski definition) is 2. The quantitative estimate of drug-likeness (QED) is 0.490. The summed E-state index contributed by atoms with van der Waals surface area (Å²) in [6, 6.07) is 0. The van der Waals surface area contributed by atoms with Crippen molar-refractivity contribution in [2.45, 2.75) is 6.92 Å². The van der Waals surface area contributed by atoms with Crippen LogP contribution < -0.4 is 0 Å². The fourth-order valence-corrected chi connectivity index (χ4v) is 1.18. The van der Waals surface area contributed by atoms with E-state index in [1.165, 1.54) is 0 Å². The maximum atomic E-state index is 2.28. The van der Waals surface area contributed by atoms with E-state index in [2.05, 4.69) is 50.2 Å². The summed E-state index contributed by atoms with van der Waals surface area (Å²) < 4.78 is 2.13. The Balaban J connectivity index is 2.34. The molecule has 8 heavy (non-hydrogen) atoms. The minimum Gasteiger partial charge on any atom is -0.358 e. The monoisotopic (exact) mass is 224 g/mol. The second-order valence-corrected chi connectivity index (χ2v) is 2.98. The highest BCUT2D eigenvalue weighted by atomic mass is 127. The summed E-state index contributed by atoms with van der Waals surface area (Å²) in [5.41, 5.74) is 0. The van der Waals surface area contributed by atoms with E-state index in [9.17, 15) is 0 Å². The fraction of sp³-hybridized carbons (Fsp3) is 0.600. The Morgan fingerprint density at radius 2 is 2.38 bits per heavy atom. The predicted octanol–water partition coefficient (Wildman–Crippen LogP) is 1.40. The van der Waals surface area contributed by atoms with E-state index in [1.54, 1.807) is 0 Å². The van der Waals surface area contributed by atoms with Crippen LogP contribution in [0.5, 0.6) is 0 Å². The number of hydrogen-bond donors (Lipinski definition) is 0. The Kier molecular flexibility index (Phi) is 1.99. The van der Waals surface area contributed by atoms with Crippen molar-refractivity contribution in [1.29, 1.82) is 0 Å². The molecular formula is C5H9IN2. The molecule has 46 valence electrons. The summed E-state index contributed by atoms with van der Waals surface area (Å²) in [5.74, 6) is 0. The highest BCUT2D eigenvalue weighted by Gasteiger charge is 2.04. The molecule has 1 aliphatic heterocycles. The van der Waals surface area contributed by atoms with Crippen molar-refractivity contribution in [2.24, 2.45) is 0 Å². The first-order valence-corrected chi connectivity index (χ1v) is 3.64. The molecule has 0 aromatic carbocycles. The maximum absolute atomic E-state index is 2.28. The summed E-state index contributed by atoms with van der Waals surface area (Å²) in [4.78, 5) is 2.24. The van der Waals surface area contributed by atoms with Gasteiger partial charge in [-0.2, -0.15) is 0 Å². The van der Waals surface area contributed by atoms with Gasteiger partial charge in [0.25, 0.3) is 0 Å². The molecule has 1 rings (SSSR count). The first-order chi connectivity index (χ1) is 3.83. The molecule has 0 unspecified atom stereocenters. The van der Waals surface area contributed by atoms with Gasteiger partial charge < -0.3 is 8.01 Å². The Hall–Kier alpha value is 0.0700. The molecule has 0 aromatic heterocycles. The van der Waals surface area contributed by atoms with Gasteiger partial charge in [-0.3, -0.25) is 0 Å². The normalized spacial score (nSPS) is 18.2. The molecular weight excluding hydrogens is 215 g/mol. The predicted molar refractivity (Wildman–Crippen MR) is 42.2 cm³/mol. The lowest BCUT2D eigenvalue weighted by Crippen LogP contribution is -2.18. The van der Waals surface area contributed by atoms with Crippen LogP contribution in [-0.2, 0) is 0 Å². The zero-order valence-corrected chi connectivity index (χ0v) is 7.00. The van der Waals surface area contributed by atoms with Crippen molar-refractivity contribution in [3.63, 3.8) is 0 Å². The summed E-state index contributed by atoms with van der Waals surface area (Å²) in [6.45, 7) is 4.30. The Bertz CT molecular complexity index is 103. The van der Waals surface area contributed by atoms with Crippen LogP contribution in [0.1, 0.15) is 6.92 Å². The Labute approximate surface area is 63.6 Å². The van der Waals surface area contributed by atoms with Crippen LogP contribution >= 0.6 is 22.9 Å². The molecule has 0 amide bonds. The molecule has 3 heteroatoms. The van der Waals surface area contributed by atoms with Crippen LogP contribution in [0.25, 0.3) is 0 Å². The van der Waals surface area contributed by atoms with Gasteiger partial charge >= 0.3 is 0 Å². The molecule has 1 aliphatic rings.